The molecule has 0 spiro atoms. The topological polar surface area (TPSA) is 76.4 Å². The summed E-state index contributed by atoms with van der Waals surface area (Å²) in [7, 11) is 0. The zero-order valence-corrected chi connectivity index (χ0v) is 12.1. The van der Waals surface area contributed by atoms with E-state index in [2.05, 4.69) is 10.6 Å². The molecule has 1 aromatic carbocycles. The van der Waals surface area contributed by atoms with Crippen LogP contribution in [0.1, 0.15) is 27.2 Å². The summed E-state index contributed by atoms with van der Waals surface area (Å²) < 4.78 is 18.7. The molecule has 1 unspecified atom stereocenters. The Morgan fingerprint density at radius 1 is 1.45 bits per heavy atom. The van der Waals surface area contributed by atoms with Crippen LogP contribution in [0.5, 0.6) is 5.75 Å². The second-order valence-corrected chi connectivity index (χ2v) is 4.46. The van der Waals surface area contributed by atoms with Crippen molar-refractivity contribution in [2.45, 2.75) is 33.2 Å². The molecule has 0 aliphatic carbocycles. The van der Waals surface area contributed by atoms with Gasteiger partial charge in [0.25, 0.3) is 0 Å². The van der Waals surface area contributed by atoms with Crippen LogP contribution in [0.4, 0.5) is 15.8 Å². The van der Waals surface area contributed by atoms with Gasteiger partial charge in [-0.3, -0.25) is 4.79 Å². The van der Waals surface area contributed by atoms with E-state index in [4.69, 9.17) is 10.5 Å². The van der Waals surface area contributed by atoms with Crippen molar-refractivity contribution in [2.75, 3.05) is 24.2 Å². The molecule has 0 aliphatic rings. The van der Waals surface area contributed by atoms with E-state index >= 15 is 0 Å². The predicted octanol–water partition coefficient (Wildman–Crippen LogP) is 2.13. The Labute approximate surface area is 118 Å². The number of nitrogens with one attached hydrogen (secondary N) is 2. The Bertz CT molecular complexity index is 466. The van der Waals surface area contributed by atoms with Gasteiger partial charge in [0.05, 0.1) is 18.0 Å². The highest BCUT2D eigenvalue weighted by molar-refractivity contribution is 5.85. The van der Waals surface area contributed by atoms with Crippen LogP contribution >= 0.6 is 0 Å². The zero-order chi connectivity index (χ0) is 15.1. The summed E-state index contributed by atoms with van der Waals surface area (Å²) in [6.07, 6.45) is 0.867. The van der Waals surface area contributed by atoms with E-state index in [9.17, 15) is 9.18 Å². The van der Waals surface area contributed by atoms with E-state index in [1.165, 1.54) is 12.1 Å². The Hall–Kier alpha value is -1.98. The molecule has 0 saturated heterocycles. The fourth-order valence-corrected chi connectivity index (χ4v) is 1.66. The number of benzene rings is 1. The smallest absolute Gasteiger partial charge is 0.242 e. The number of ether oxygens (including phenoxy) is 1. The molecule has 1 rings (SSSR count). The molecule has 0 saturated carbocycles. The first kappa shape index (κ1) is 16.1. The van der Waals surface area contributed by atoms with Gasteiger partial charge in [0, 0.05) is 18.7 Å². The second kappa shape index (κ2) is 7.57. The average Bonchev–Trinajstić information content (AvgIpc) is 2.41. The van der Waals surface area contributed by atoms with Gasteiger partial charge in [-0.25, -0.2) is 4.39 Å². The molecule has 1 amide bonds. The molecule has 5 nitrogen and oxygen atoms in total. The van der Waals surface area contributed by atoms with Gasteiger partial charge in [0.15, 0.2) is 11.6 Å². The van der Waals surface area contributed by atoms with Gasteiger partial charge < -0.3 is 21.1 Å². The summed E-state index contributed by atoms with van der Waals surface area (Å²) in [5.74, 6) is -0.531. The summed E-state index contributed by atoms with van der Waals surface area (Å²) in [5, 5.41) is 5.74. The second-order valence-electron chi connectivity index (χ2n) is 4.46. The number of hydrogen-bond donors (Lipinski definition) is 3. The molecular formula is C14H22FN3O2. The minimum absolute atomic E-state index is 0.116. The first-order valence-corrected chi connectivity index (χ1v) is 6.75. The van der Waals surface area contributed by atoms with Crippen LogP contribution in [0.25, 0.3) is 0 Å². The maximum Gasteiger partial charge on any atom is 0.242 e. The third kappa shape index (κ3) is 4.29. The van der Waals surface area contributed by atoms with Gasteiger partial charge in [-0.05, 0) is 20.3 Å². The van der Waals surface area contributed by atoms with Gasteiger partial charge >= 0.3 is 0 Å². The molecule has 0 bridgehead atoms. The minimum atomic E-state index is -0.516. The summed E-state index contributed by atoms with van der Waals surface area (Å²) in [6, 6.07) is 2.19. The minimum Gasteiger partial charge on any atom is -0.491 e. The van der Waals surface area contributed by atoms with Crippen molar-refractivity contribution in [1.29, 1.82) is 0 Å². The molecular weight excluding hydrogens is 261 g/mol. The number of carbonyl (C=O) groups is 1. The Kier molecular flexibility index (Phi) is 6.09. The van der Waals surface area contributed by atoms with E-state index in [-0.39, 0.29) is 17.3 Å². The van der Waals surface area contributed by atoms with Crippen molar-refractivity contribution in [3.8, 4) is 5.75 Å². The largest absolute Gasteiger partial charge is 0.491 e. The summed E-state index contributed by atoms with van der Waals surface area (Å²) in [5.41, 5.74) is 6.46. The monoisotopic (exact) mass is 283 g/mol. The highest BCUT2D eigenvalue weighted by atomic mass is 19.1. The van der Waals surface area contributed by atoms with E-state index in [0.717, 1.165) is 6.42 Å². The lowest BCUT2D eigenvalue weighted by Gasteiger charge is -2.17. The fourth-order valence-electron chi connectivity index (χ4n) is 1.66. The van der Waals surface area contributed by atoms with Crippen LogP contribution in [-0.4, -0.2) is 25.1 Å². The van der Waals surface area contributed by atoms with Crippen molar-refractivity contribution in [2.24, 2.45) is 0 Å². The van der Waals surface area contributed by atoms with Gasteiger partial charge in [-0.2, -0.15) is 0 Å². The number of hydrogen-bond acceptors (Lipinski definition) is 4. The molecule has 6 heteroatoms. The van der Waals surface area contributed by atoms with Crippen LogP contribution in [0.2, 0.25) is 0 Å². The third-order valence-corrected chi connectivity index (χ3v) is 2.72. The van der Waals surface area contributed by atoms with Crippen LogP contribution in [0.15, 0.2) is 12.1 Å². The number of anilines is 2. The molecule has 20 heavy (non-hydrogen) atoms. The van der Waals surface area contributed by atoms with Crippen molar-refractivity contribution in [3.63, 3.8) is 0 Å². The number of halogens is 1. The van der Waals surface area contributed by atoms with E-state index in [1.807, 2.05) is 6.92 Å². The van der Waals surface area contributed by atoms with Gasteiger partial charge in [0.1, 0.15) is 6.04 Å². The van der Waals surface area contributed by atoms with Gasteiger partial charge in [0.2, 0.25) is 5.91 Å². The van der Waals surface area contributed by atoms with Crippen molar-refractivity contribution < 1.29 is 13.9 Å². The number of rotatable bonds is 7. The standard InChI is InChI=1S/C14H22FN3O2/c1-4-6-17-14(19)9(3)18-12-8-13(20-5-2)10(15)7-11(12)16/h7-9,18H,4-6,16H2,1-3H3,(H,17,19). The number of nitrogens with two attached hydrogens (primary N) is 1. The maximum absolute atomic E-state index is 13.6. The van der Waals surface area contributed by atoms with Crippen LogP contribution in [0.3, 0.4) is 0 Å². The Morgan fingerprint density at radius 3 is 2.75 bits per heavy atom. The van der Waals surface area contributed by atoms with E-state index in [0.29, 0.717) is 18.8 Å². The first-order valence-electron chi connectivity index (χ1n) is 6.75. The molecule has 0 heterocycles. The van der Waals surface area contributed by atoms with E-state index in [1.54, 1.807) is 13.8 Å². The molecule has 1 atom stereocenters. The lowest BCUT2D eigenvalue weighted by Crippen LogP contribution is -2.38. The molecule has 112 valence electrons. The maximum atomic E-state index is 13.6. The zero-order valence-electron chi connectivity index (χ0n) is 12.1. The first-order chi connectivity index (χ1) is 9.49. The lowest BCUT2D eigenvalue weighted by atomic mass is 10.2. The van der Waals surface area contributed by atoms with Gasteiger partial charge in [-0.1, -0.05) is 6.92 Å². The molecule has 1 aromatic rings. The van der Waals surface area contributed by atoms with Crippen LogP contribution < -0.4 is 21.1 Å². The summed E-state index contributed by atoms with van der Waals surface area (Å²) in [4.78, 5) is 11.8. The molecule has 4 N–H and O–H groups in total. The highest BCUT2D eigenvalue weighted by Gasteiger charge is 2.15. The quantitative estimate of drug-likeness (QED) is 0.670. The number of nitrogen functional groups attached to an aromatic ring is 1. The van der Waals surface area contributed by atoms with Gasteiger partial charge in [-0.15, -0.1) is 0 Å². The molecule has 0 aliphatic heterocycles. The van der Waals surface area contributed by atoms with Crippen LogP contribution in [-0.2, 0) is 4.79 Å². The van der Waals surface area contributed by atoms with Crippen molar-refractivity contribution in [1.82, 2.24) is 5.32 Å². The fraction of sp³-hybridized carbons (Fsp3) is 0.500. The molecule has 0 radical (unpaired) electrons. The summed E-state index contributed by atoms with van der Waals surface area (Å²) in [6.45, 7) is 6.43. The Balaban J connectivity index is 2.80. The number of amides is 1. The van der Waals surface area contributed by atoms with Crippen LogP contribution in [0, 0.1) is 5.82 Å². The predicted molar refractivity (Wildman–Crippen MR) is 78.4 cm³/mol. The SMILES string of the molecule is CCCNC(=O)C(C)Nc1cc(OCC)c(F)cc1N. The Morgan fingerprint density at radius 2 is 2.15 bits per heavy atom. The number of carbonyl (C=O) groups excluding carboxylic acids is 1. The lowest BCUT2D eigenvalue weighted by molar-refractivity contribution is -0.121. The van der Waals surface area contributed by atoms with Crippen molar-refractivity contribution in [3.05, 3.63) is 17.9 Å². The molecule has 0 fully saturated rings. The normalized spacial score (nSPS) is 11.8. The molecule has 0 aromatic heterocycles. The highest BCUT2D eigenvalue weighted by Crippen LogP contribution is 2.28. The third-order valence-electron chi connectivity index (χ3n) is 2.72. The van der Waals surface area contributed by atoms with E-state index < -0.39 is 11.9 Å². The van der Waals surface area contributed by atoms with Crippen molar-refractivity contribution >= 4 is 17.3 Å². The average molecular weight is 283 g/mol. The summed E-state index contributed by atoms with van der Waals surface area (Å²) >= 11 is 0.